The first-order valence-corrected chi connectivity index (χ1v) is 6.48. The molecule has 0 aliphatic rings. The van der Waals surface area contributed by atoms with E-state index in [2.05, 4.69) is 22.5 Å². The van der Waals surface area contributed by atoms with Crippen LogP contribution in [0.1, 0.15) is 13.8 Å². The number of amides is 1. The van der Waals surface area contributed by atoms with E-state index < -0.39 is 0 Å². The molecule has 5 nitrogen and oxygen atoms in total. The summed E-state index contributed by atoms with van der Waals surface area (Å²) in [6, 6.07) is 5.28. The van der Waals surface area contributed by atoms with E-state index in [4.69, 9.17) is 17.0 Å². The lowest BCUT2D eigenvalue weighted by Crippen LogP contribution is -2.29. The highest BCUT2D eigenvalue weighted by molar-refractivity contribution is 7.80. The molecular weight excluding hydrogens is 274 g/mol. The largest absolute Gasteiger partial charge is 0.495 e. The molecule has 0 spiro atoms. The van der Waals surface area contributed by atoms with Gasteiger partial charge in [-0.1, -0.05) is 12.2 Å². The van der Waals surface area contributed by atoms with Gasteiger partial charge in [0.15, 0.2) is 5.11 Å². The summed E-state index contributed by atoms with van der Waals surface area (Å²) in [5.74, 6) is 0.502. The molecule has 0 aliphatic carbocycles. The van der Waals surface area contributed by atoms with Crippen LogP contribution in [0.15, 0.2) is 30.4 Å². The molecule has 20 heavy (non-hydrogen) atoms. The van der Waals surface area contributed by atoms with Gasteiger partial charge in [0.25, 0.3) is 0 Å². The molecule has 0 bridgehead atoms. The number of ether oxygens (including phenoxy) is 1. The van der Waals surface area contributed by atoms with Gasteiger partial charge in [0.2, 0.25) is 5.91 Å². The van der Waals surface area contributed by atoms with Crippen LogP contribution in [0.25, 0.3) is 0 Å². The Hall–Kier alpha value is -2.08. The number of benzene rings is 1. The lowest BCUT2D eigenvalue weighted by Gasteiger charge is -2.14. The Bertz CT molecular complexity index is 529. The summed E-state index contributed by atoms with van der Waals surface area (Å²) in [6.45, 7) is 7.75. The number of thiocarbonyl (C=S) groups is 1. The standard InChI is InChI=1S/C14H19N3O2S/c1-9(2)8-15-14(20)17-12-7-11(16-10(3)18)5-6-13(12)19-4/h5-7H,1,8H2,2-4H3,(H,16,18)(H2,15,17,20). The molecule has 0 unspecified atom stereocenters. The zero-order chi connectivity index (χ0) is 15.1. The van der Waals surface area contributed by atoms with Crippen LogP contribution in [0, 0.1) is 0 Å². The summed E-state index contributed by atoms with van der Waals surface area (Å²) < 4.78 is 5.25. The van der Waals surface area contributed by atoms with Crippen molar-refractivity contribution < 1.29 is 9.53 Å². The van der Waals surface area contributed by atoms with Crippen molar-refractivity contribution in [3.05, 3.63) is 30.4 Å². The molecule has 1 amide bonds. The van der Waals surface area contributed by atoms with Gasteiger partial charge in [-0.25, -0.2) is 0 Å². The summed E-state index contributed by atoms with van der Waals surface area (Å²) in [6.07, 6.45) is 0. The maximum atomic E-state index is 11.1. The molecule has 0 saturated heterocycles. The molecule has 108 valence electrons. The van der Waals surface area contributed by atoms with Gasteiger partial charge in [-0.3, -0.25) is 4.79 Å². The molecule has 0 radical (unpaired) electrons. The van der Waals surface area contributed by atoms with Crippen molar-refractivity contribution in [2.24, 2.45) is 0 Å². The third kappa shape index (κ3) is 5.27. The van der Waals surface area contributed by atoms with Crippen molar-refractivity contribution in [2.45, 2.75) is 13.8 Å². The van der Waals surface area contributed by atoms with Gasteiger partial charge in [-0.15, -0.1) is 0 Å². The van der Waals surface area contributed by atoms with E-state index in [0.717, 1.165) is 5.57 Å². The average Bonchev–Trinajstić information content (AvgIpc) is 2.36. The van der Waals surface area contributed by atoms with Crippen LogP contribution in [0.3, 0.4) is 0 Å². The number of hydrogen-bond acceptors (Lipinski definition) is 3. The van der Waals surface area contributed by atoms with Gasteiger partial charge in [0, 0.05) is 19.2 Å². The number of carbonyl (C=O) groups is 1. The van der Waals surface area contributed by atoms with E-state index in [-0.39, 0.29) is 5.91 Å². The highest BCUT2D eigenvalue weighted by Gasteiger charge is 2.07. The Labute approximate surface area is 124 Å². The summed E-state index contributed by atoms with van der Waals surface area (Å²) >= 11 is 5.19. The normalized spacial score (nSPS) is 9.55. The smallest absolute Gasteiger partial charge is 0.221 e. The fourth-order valence-electron chi connectivity index (χ4n) is 1.48. The first-order chi connectivity index (χ1) is 9.42. The van der Waals surface area contributed by atoms with E-state index in [1.807, 2.05) is 6.92 Å². The molecule has 1 rings (SSSR count). The van der Waals surface area contributed by atoms with Gasteiger partial charge in [-0.2, -0.15) is 0 Å². The van der Waals surface area contributed by atoms with Crippen molar-refractivity contribution in [1.29, 1.82) is 0 Å². The number of methoxy groups -OCH3 is 1. The maximum Gasteiger partial charge on any atom is 0.221 e. The van der Waals surface area contributed by atoms with Crippen LogP contribution in [0.2, 0.25) is 0 Å². The molecular formula is C14H19N3O2S. The van der Waals surface area contributed by atoms with Crippen LogP contribution < -0.4 is 20.7 Å². The fraction of sp³-hybridized carbons (Fsp3) is 0.286. The van der Waals surface area contributed by atoms with E-state index in [1.165, 1.54) is 6.92 Å². The van der Waals surface area contributed by atoms with E-state index in [1.54, 1.807) is 25.3 Å². The van der Waals surface area contributed by atoms with Crippen molar-refractivity contribution in [1.82, 2.24) is 5.32 Å². The lowest BCUT2D eigenvalue weighted by atomic mass is 10.2. The fourth-order valence-corrected chi connectivity index (χ4v) is 1.67. The van der Waals surface area contributed by atoms with Crippen LogP contribution in [0.5, 0.6) is 5.75 Å². The monoisotopic (exact) mass is 293 g/mol. The van der Waals surface area contributed by atoms with Crippen molar-refractivity contribution >= 4 is 34.6 Å². The molecule has 0 saturated carbocycles. The first kappa shape index (κ1) is 16.0. The Balaban J connectivity index is 2.82. The highest BCUT2D eigenvalue weighted by atomic mass is 32.1. The van der Waals surface area contributed by atoms with Crippen molar-refractivity contribution in [3.8, 4) is 5.75 Å². The third-order valence-corrected chi connectivity index (χ3v) is 2.57. The van der Waals surface area contributed by atoms with Crippen molar-refractivity contribution in [3.63, 3.8) is 0 Å². The average molecular weight is 293 g/mol. The van der Waals surface area contributed by atoms with Crippen LogP contribution in [0.4, 0.5) is 11.4 Å². The van der Waals surface area contributed by atoms with Crippen molar-refractivity contribution in [2.75, 3.05) is 24.3 Å². The quantitative estimate of drug-likeness (QED) is 0.575. The number of carbonyl (C=O) groups excluding carboxylic acids is 1. The number of nitrogens with one attached hydrogen (secondary N) is 3. The molecule has 0 aromatic heterocycles. The molecule has 6 heteroatoms. The second-order valence-electron chi connectivity index (χ2n) is 4.36. The number of anilines is 2. The van der Waals surface area contributed by atoms with Gasteiger partial charge in [-0.05, 0) is 37.3 Å². The maximum absolute atomic E-state index is 11.1. The van der Waals surface area contributed by atoms with Gasteiger partial charge >= 0.3 is 0 Å². The van der Waals surface area contributed by atoms with Gasteiger partial charge < -0.3 is 20.7 Å². The SMILES string of the molecule is C=C(C)CNC(=S)Nc1cc(NC(C)=O)ccc1OC. The minimum Gasteiger partial charge on any atom is -0.495 e. The lowest BCUT2D eigenvalue weighted by molar-refractivity contribution is -0.114. The first-order valence-electron chi connectivity index (χ1n) is 6.07. The summed E-state index contributed by atoms with van der Waals surface area (Å²) in [5, 5.41) is 9.23. The summed E-state index contributed by atoms with van der Waals surface area (Å²) in [7, 11) is 1.57. The topological polar surface area (TPSA) is 62.4 Å². The Morgan fingerprint density at radius 2 is 2.05 bits per heavy atom. The summed E-state index contributed by atoms with van der Waals surface area (Å²) in [4.78, 5) is 11.1. The zero-order valence-electron chi connectivity index (χ0n) is 11.9. The molecule has 0 aliphatic heterocycles. The minimum atomic E-state index is -0.135. The summed E-state index contributed by atoms with van der Waals surface area (Å²) in [5.41, 5.74) is 2.33. The van der Waals surface area contributed by atoms with E-state index in [9.17, 15) is 4.79 Å². The Morgan fingerprint density at radius 1 is 1.35 bits per heavy atom. The second-order valence-corrected chi connectivity index (χ2v) is 4.77. The van der Waals surface area contributed by atoms with Gasteiger partial charge in [0.05, 0.1) is 12.8 Å². The third-order valence-electron chi connectivity index (χ3n) is 2.32. The molecule has 1 aromatic rings. The molecule has 0 heterocycles. The van der Waals surface area contributed by atoms with E-state index in [0.29, 0.717) is 28.8 Å². The van der Waals surface area contributed by atoms with Crippen LogP contribution >= 0.6 is 12.2 Å². The predicted octanol–water partition coefficient (Wildman–Crippen LogP) is 2.52. The molecule has 1 aromatic carbocycles. The Morgan fingerprint density at radius 3 is 2.60 bits per heavy atom. The highest BCUT2D eigenvalue weighted by Crippen LogP contribution is 2.27. The molecule has 0 fully saturated rings. The molecule has 3 N–H and O–H groups in total. The number of rotatable bonds is 5. The Kier molecular flexibility index (Phi) is 5.99. The van der Waals surface area contributed by atoms with Crippen LogP contribution in [-0.4, -0.2) is 24.7 Å². The minimum absolute atomic E-state index is 0.135. The second kappa shape index (κ2) is 7.49. The van der Waals surface area contributed by atoms with Crippen LogP contribution in [-0.2, 0) is 4.79 Å². The van der Waals surface area contributed by atoms with Gasteiger partial charge in [0.1, 0.15) is 5.75 Å². The zero-order valence-corrected chi connectivity index (χ0v) is 12.7. The number of hydrogen-bond donors (Lipinski definition) is 3. The molecule has 0 atom stereocenters. The predicted molar refractivity (Wildman–Crippen MR) is 86.3 cm³/mol. The van der Waals surface area contributed by atoms with E-state index >= 15 is 0 Å².